The SMILES string of the molecule is CCOc1cc(N2CCC(C(=O)N3CCN(Cc4ccc(-n5c(-c6cc(C(C)C)c(O)cc6O)n[nH]c5=O)cc4)CC3)CC2)ccc1Nc1ncc2c(n1)N(C)C1=C(CCCC=C1)C(=O)N2C. The molecule has 0 saturated carbocycles. The van der Waals surface area contributed by atoms with Crippen molar-refractivity contribution in [2.45, 2.75) is 65.3 Å². The van der Waals surface area contributed by atoms with Crippen LogP contribution in [0.4, 0.5) is 28.8 Å². The molecule has 0 atom stereocenters. The summed E-state index contributed by atoms with van der Waals surface area (Å²) < 4.78 is 7.55. The molecule has 9 rings (SSSR count). The van der Waals surface area contributed by atoms with Gasteiger partial charge in [-0.05, 0) is 92.5 Å². The van der Waals surface area contributed by atoms with Gasteiger partial charge in [0.25, 0.3) is 5.91 Å². The molecule has 0 radical (unpaired) electrons. The summed E-state index contributed by atoms with van der Waals surface area (Å²) in [6.07, 6.45) is 9.92. The van der Waals surface area contributed by atoms with E-state index < -0.39 is 5.69 Å². The van der Waals surface area contributed by atoms with E-state index in [-0.39, 0.29) is 41.0 Å². The van der Waals surface area contributed by atoms with Crippen LogP contribution in [0.1, 0.15) is 69.9 Å². The Bertz CT molecular complexity index is 2780. The summed E-state index contributed by atoms with van der Waals surface area (Å²) in [5, 5.41) is 31.1. The number of phenols is 2. The lowest BCUT2D eigenvalue weighted by Gasteiger charge is -2.39. The van der Waals surface area contributed by atoms with Gasteiger partial charge in [-0.25, -0.2) is 19.4 Å². The zero-order chi connectivity index (χ0) is 46.9. The fourth-order valence-corrected chi connectivity index (χ4v) is 9.62. The van der Waals surface area contributed by atoms with Crippen LogP contribution in [0.15, 0.2) is 89.0 Å². The molecule has 17 nitrogen and oxygen atoms in total. The number of benzene rings is 3. The number of aromatic amines is 1. The number of carbonyl (C=O) groups excluding carboxylic acids is 2. The first-order chi connectivity index (χ1) is 32.4. The third-order valence-electron chi connectivity index (χ3n) is 13.4. The first kappa shape index (κ1) is 45.0. The van der Waals surface area contributed by atoms with Crippen LogP contribution in [0.3, 0.4) is 0 Å². The van der Waals surface area contributed by atoms with Crippen LogP contribution < -0.4 is 30.4 Å². The van der Waals surface area contributed by atoms with Gasteiger partial charge in [0.05, 0.1) is 35.4 Å². The number of carbonyl (C=O) groups is 2. The number of hydrogen-bond acceptors (Lipinski definition) is 13. The second kappa shape index (κ2) is 19.0. The highest BCUT2D eigenvalue weighted by Gasteiger charge is 2.33. The number of anilines is 5. The number of piperazine rings is 1. The number of piperidine rings is 1. The van der Waals surface area contributed by atoms with Gasteiger partial charge in [-0.1, -0.05) is 32.1 Å². The van der Waals surface area contributed by atoms with Crippen molar-refractivity contribution in [2.24, 2.45) is 5.92 Å². The third kappa shape index (κ3) is 9.07. The Morgan fingerprint density at radius 3 is 2.40 bits per heavy atom. The van der Waals surface area contributed by atoms with E-state index in [2.05, 4.69) is 42.4 Å². The minimum absolute atomic E-state index is 0.00446. The standard InChI is InChI=1S/C50H59N11O6/c1-6-67-44-26-35(16-17-39(44)52-49-51-29-41-46(53-49)56(4)40-11-9-7-8-10-36(40)48(65)57(41)5)59-20-18-33(19-21-59)47(64)60-24-22-58(23-25-60)30-32-12-14-34(15-13-32)61-45(54-55-50(61)66)38-27-37(31(2)3)42(62)28-43(38)63/h9,11-17,26-29,31,33,62-63H,6-8,10,18-25,30H2,1-5H3,(H,55,66)(H,51,52,53). The molecule has 1 aliphatic carbocycles. The summed E-state index contributed by atoms with van der Waals surface area (Å²) in [7, 11) is 3.72. The summed E-state index contributed by atoms with van der Waals surface area (Å²) in [6.45, 7) is 11.4. The van der Waals surface area contributed by atoms with Crippen LogP contribution in [0.25, 0.3) is 17.1 Å². The van der Waals surface area contributed by atoms with Crippen molar-refractivity contribution in [3.8, 4) is 34.3 Å². The third-order valence-corrected chi connectivity index (χ3v) is 13.4. The number of amides is 2. The number of fused-ring (bicyclic) bond motifs is 1. The summed E-state index contributed by atoms with van der Waals surface area (Å²) in [6, 6.07) is 16.7. The van der Waals surface area contributed by atoms with Crippen molar-refractivity contribution >= 4 is 40.6 Å². The number of nitrogens with zero attached hydrogens (tertiary/aromatic N) is 9. The van der Waals surface area contributed by atoms with Crippen molar-refractivity contribution in [3.63, 3.8) is 0 Å². The fourth-order valence-electron chi connectivity index (χ4n) is 9.62. The van der Waals surface area contributed by atoms with Crippen LogP contribution in [0.2, 0.25) is 0 Å². The molecule has 2 saturated heterocycles. The highest BCUT2D eigenvalue weighted by Crippen LogP contribution is 2.40. The molecule has 17 heteroatoms. The van der Waals surface area contributed by atoms with Gasteiger partial charge in [-0.3, -0.25) is 14.5 Å². The van der Waals surface area contributed by atoms with Crippen LogP contribution in [-0.2, 0) is 16.1 Å². The molecular weight excluding hydrogens is 851 g/mol. The van der Waals surface area contributed by atoms with Gasteiger partial charge >= 0.3 is 5.69 Å². The minimum Gasteiger partial charge on any atom is -0.508 e. The molecular formula is C50H59N11O6. The van der Waals surface area contributed by atoms with E-state index in [1.54, 1.807) is 24.2 Å². The number of allylic oxidation sites excluding steroid dienone is 2. The molecule has 4 N–H and O–H groups in total. The van der Waals surface area contributed by atoms with E-state index in [1.807, 2.05) is 80.1 Å². The van der Waals surface area contributed by atoms with Gasteiger partial charge in [0, 0.05) is 89.2 Å². The maximum atomic E-state index is 13.8. The monoisotopic (exact) mass is 909 g/mol. The van der Waals surface area contributed by atoms with E-state index in [0.717, 1.165) is 80.1 Å². The largest absolute Gasteiger partial charge is 0.508 e. The predicted molar refractivity (Wildman–Crippen MR) is 259 cm³/mol. The number of aromatic nitrogens is 5. The van der Waals surface area contributed by atoms with Gasteiger partial charge < -0.3 is 39.9 Å². The number of likely N-dealkylation sites (N-methyl/N-ethyl adjacent to an activating group) is 2. The summed E-state index contributed by atoms with van der Waals surface area (Å²) in [4.78, 5) is 60.0. The molecule has 67 heavy (non-hydrogen) atoms. The maximum Gasteiger partial charge on any atom is 0.348 e. The van der Waals surface area contributed by atoms with Crippen LogP contribution >= 0.6 is 0 Å². The number of hydrogen-bond donors (Lipinski definition) is 4. The van der Waals surface area contributed by atoms with Gasteiger partial charge in [0.1, 0.15) is 22.9 Å². The van der Waals surface area contributed by atoms with E-state index in [9.17, 15) is 24.6 Å². The zero-order valence-electron chi connectivity index (χ0n) is 38.8. The Labute approximate surface area is 390 Å². The number of rotatable bonds is 11. The molecule has 2 fully saturated rings. The predicted octanol–water partition coefficient (Wildman–Crippen LogP) is 6.66. The zero-order valence-corrected chi connectivity index (χ0v) is 38.8. The maximum absolute atomic E-state index is 13.8. The topological polar surface area (TPSA) is 189 Å². The average molecular weight is 910 g/mol. The molecule has 2 aromatic heterocycles. The number of aromatic hydroxyl groups is 2. The summed E-state index contributed by atoms with van der Waals surface area (Å²) in [5.74, 6) is 1.94. The molecule has 0 spiro atoms. The molecule has 5 aromatic rings. The van der Waals surface area contributed by atoms with E-state index in [1.165, 1.54) is 10.6 Å². The van der Waals surface area contributed by atoms with Gasteiger partial charge in [-0.2, -0.15) is 10.1 Å². The first-order valence-corrected chi connectivity index (χ1v) is 23.3. The van der Waals surface area contributed by atoms with Crippen molar-refractivity contribution in [1.82, 2.24) is 34.5 Å². The minimum atomic E-state index is -0.438. The Balaban J connectivity index is 0.787. The number of phenolic OH excluding ortho intramolecular Hbond substituents is 2. The molecule has 3 aromatic carbocycles. The lowest BCUT2D eigenvalue weighted by Crippen LogP contribution is -2.51. The van der Waals surface area contributed by atoms with E-state index in [4.69, 9.17) is 9.72 Å². The Hall–Kier alpha value is -7.14. The summed E-state index contributed by atoms with van der Waals surface area (Å²) in [5.41, 5.74) is 6.26. The van der Waals surface area contributed by atoms with Gasteiger partial charge in [0.2, 0.25) is 11.9 Å². The van der Waals surface area contributed by atoms with Crippen LogP contribution in [0.5, 0.6) is 17.2 Å². The van der Waals surface area contributed by atoms with Gasteiger partial charge in [-0.15, -0.1) is 0 Å². The van der Waals surface area contributed by atoms with E-state index in [0.29, 0.717) is 72.7 Å². The van der Waals surface area contributed by atoms with Crippen molar-refractivity contribution in [3.05, 3.63) is 106 Å². The Morgan fingerprint density at radius 2 is 1.67 bits per heavy atom. The van der Waals surface area contributed by atoms with Crippen LogP contribution in [-0.4, -0.2) is 117 Å². The number of H-pyrrole nitrogens is 1. The lowest BCUT2D eigenvalue weighted by atomic mass is 9.94. The Kier molecular flexibility index (Phi) is 12.8. The highest BCUT2D eigenvalue weighted by molar-refractivity contribution is 6.09. The summed E-state index contributed by atoms with van der Waals surface area (Å²) >= 11 is 0. The van der Waals surface area contributed by atoms with Crippen molar-refractivity contribution < 1.29 is 24.5 Å². The van der Waals surface area contributed by atoms with Gasteiger partial charge in [0.15, 0.2) is 11.6 Å². The first-order valence-electron chi connectivity index (χ1n) is 23.3. The van der Waals surface area contributed by atoms with Crippen molar-refractivity contribution in [2.75, 3.05) is 80.0 Å². The normalized spacial score (nSPS) is 17.1. The molecule has 2 amide bonds. The Morgan fingerprint density at radius 1 is 0.925 bits per heavy atom. The molecule has 0 unspecified atom stereocenters. The van der Waals surface area contributed by atoms with Crippen LogP contribution in [0, 0.1) is 5.92 Å². The molecule has 350 valence electrons. The van der Waals surface area contributed by atoms with Crippen molar-refractivity contribution in [1.29, 1.82) is 0 Å². The van der Waals surface area contributed by atoms with E-state index >= 15 is 0 Å². The number of ether oxygens (including phenoxy) is 1. The smallest absolute Gasteiger partial charge is 0.348 e. The second-order valence-corrected chi connectivity index (χ2v) is 18.0. The lowest BCUT2D eigenvalue weighted by molar-refractivity contribution is -0.138. The molecule has 0 bridgehead atoms. The highest BCUT2D eigenvalue weighted by atomic mass is 16.5. The number of nitrogens with one attached hydrogen (secondary N) is 2. The second-order valence-electron chi connectivity index (χ2n) is 18.0. The fraction of sp³-hybridized carbons (Fsp3) is 0.400. The molecule has 5 heterocycles. The molecule has 3 aliphatic heterocycles. The average Bonchev–Trinajstić information content (AvgIpc) is 3.50. The quantitative estimate of drug-likeness (QED) is 0.110. The molecule has 4 aliphatic rings.